The third kappa shape index (κ3) is 4.95. The van der Waals surface area contributed by atoms with E-state index >= 15 is 0 Å². The highest BCUT2D eigenvalue weighted by Crippen LogP contribution is 2.24. The molecule has 120 valence electrons. The highest BCUT2D eigenvalue weighted by Gasteiger charge is 2.20. The lowest BCUT2D eigenvalue weighted by molar-refractivity contribution is -0.116. The molecule has 0 spiro atoms. The van der Waals surface area contributed by atoms with E-state index in [1.807, 2.05) is 36.4 Å². The predicted molar refractivity (Wildman–Crippen MR) is 92.3 cm³/mol. The van der Waals surface area contributed by atoms with Gasteiger partial charge < -0.3 is 10.1 Å². The van der Waals surface area contributed by atoms with Gasteiger partial charge in [0.15, 0.2) is 0 Å². The highest BCUT2D eigenvalue weighted by atomic mass is 16.5. The van der Waals surface area contributed by atoms with Crippen LogP contribution in [0.3, 0.4) is 0 Å². The maximum atomic E-state index is 12.0. The minimum Gasteiger partial charge on any atom is -0.497 e. The highest BCUT2D eigenvalue weighted by molar-refractivity contribution is 5.91. The van der Waals surface area contributed by atoms with E-state index in [4.69, 9.17) is 4.74 Å². The molecule has 23 heavy (non-hydrogen) atoms. The molecule has 0 aliphatic rings. The number of carbonyl (C=O) groups excluding carboxylic acids is 1. The third-order valence-corrected chi connectivity index (χ3v) is 3.71. The van der Waals surface area contributed by atoms with Crippen molar-refractivity contribution < 1.29 is 9.53 Å². The maximum absolute atomic E-state index is 12.0. The van der Waals surface area contributed by atoms with Crippen molar-refractivity contribution in [3.8, 4) is 5.75 Å². The minimum atomic E-state index is -0.160. The van der Waals surface area contributed by atoms with E-state index in [-0.39, 0.29) is 11.3 Å². The number of ether oxygens (including phenoxy) is 1. The summed E-state index contributed by atoms with van der Waals surface area (Å²) in [5.74, 6) is 0.720. The van der Waals surface area contributed by atoms with Crippen LogP contribution in [0.15, 0.2) is 54.9 Å². The van der Waals surface area contributed by atoms with Gasteiger partial charge in [0.1, 0.15) is 5.75 Å². The Bertz CT molecular complexity index is 662. The molecule has 0 bridgehead atoms. The normalized spacial score (nSPS) is 11.4. The first-order chi connectivity index (χ1) is 11.0. The molecule has 0 atom stereocenters. The molecule has 1 N–H and O–H groups in total. The molecule has 0 saturated carbocycles. The van der Waals surface area contributed by atoms with Crippen LogP contribution >= 0.6 is 0 Å². The van der Waals surface area contributed by atoms with Crippen LogP contribution in [0.4, 0.5) is 0 Å². The first kappa shape index (κ1) is 16.7. The number of methoxy groups -OCH3 is 1. The number of benzene rings is 1. The van der Waals surface area contributed by atoms with Gasteiger partial charge in [0, 0.05) is 30.4 Å². The van der Waals surface area contributed by atoms with Crippen LogP contribution in [0.25, 0.3) is 6.08 Å². The van der Waals surface area contributed by atoms with E-state index in [9.17, 15) is 4.79 Å². The van der Waals surface area contributed by atoms with Crippen LogP contribution in [-0.2, 0) is 10.2 Å². The minimum absolute atomic E-state index is 0.108. The summed E-state index contributed by atoms with van der Waals surface area (Å²) in [5, 5.41) is 2.95. The fraction of sp³-hybridized carbons (Fsp3) is 0.263. The molecule has 0 aliphatic heterocycles. The zero-order chi connectivity index (χ0) is 16.7. The van der Waals surface area contributed by atoms with Gasteiger partial charge in [-0.15, -0.1) is 0 Å². The monoisotopic (exact) mass is 310 g/mol. The average molecular weight is 310 g/mol. The number of aromatic nitrogens is 1. The van der Waals surface area contributed by atoms with Crippen molar-refractivity contribution in [2.45, 2.75) is 19.3 Å². The van der Waals surface area contributed by atoms with Gasteiger partial charge in [-0.1, -0.05) is 26.0 Å². The van der Waals surface area contributed by atoms with Crippen molar-refractivity contribution in [3.05, 3.63) is 66.0 Å². The number of nitrogens with one attached hydrogen (secondary N) is 1. The lowest BCUT2D eigenvalue weighted by atomic mass is 9.84. The summed E-state index contributed by atoms with van der Waals surface area (Å²) < 4.78 is 5.17. The van der Waals surface area contributed by atoms with Crippen LogP contribution in [0.5, 0.6) is 5.75 Å². The van der Waals surface area contributed by atoms with Crippen molar-refractivity contribution >= 4 is 12.0 Å². The average Bonchev–Trinajstić information content (AvgIpc) is 2.59. The summed E-state index contributed by atoms with van der Waals surface area (Å²) >= 11 is 0. The van der Waals surface area contributed by atoms with Gasteiger partial charge in [0.2, 0.25) is 5.91 Å². The smallest absolute Gasteiger partial charge is 0.244 e. The fourth-order valence-corrected chi connectivity index (χ4v) is 2.16. The van der Waals surface area contributed by atoms with E-state index in [2.05, 4.69) is 24.1 Å². The van der Waals surface area contributed by atoms with E-state index < -0.39 is 0 Å². The second kappa shape index (κ2) is 7.58. The molecule has 1 aromatic carbocycles. The molecule has 2 aromatic rings. The zero-order valence-corrected chi connectivity index (χ0v) is 13.7. The SMILES string of the molecule is COc1ccc(C(C)(C)CNC(=O)C=Cc2ccncc2)cc1. The predicted octanol–water partition coefficient (Wildman–Crippen LogP) is 3.20. The number of carbonyl (C=O) groups is 1. The van der Waals surface area contributed by atoms with Crippen LogP contribution < -0.4 is 10.1 Å². The molecule has 0 saturated heterocycles. The van der Waals surface area contributed by atoms with E-state index in [0.29, 0.717) is 6.54 Å². The van der Waals surface area contributed by atoms with Crippen molar-refractivity contribution in [2.24, 2.45) is 0 Å². The second-order valence-electron chi connectivity index (χ2n) is 5.94. The lowest BCUT2D eigenvalue weighted by Gasteiger charge is -2.25. The lowest BCUT2D eigenvalue weighted by Crippen LogP contribution is -2.35. The number of pyridine rings is 1. The summed E-state index contributed by atoms with van der Waals surface area (Å²) in [7, 11) is 1.65. The fourth-order valence-electron chi connectivity index (χ4n) is 2.16. The molecule has 4 nitrogen and oxygen atoms in total. The number of amides is 1. The zero-order valence-electron chi connectivity index (χ0n) is 13.7. The van der Waals surface area contributed by atoms with Crippen molar-refractivity contribution in [3.63, 3.8) is 0 Å². The Labute approximate surface area is 137 Å². The van der Waals surface area contributed by atoms with Gasteiger partial charge >= 0.3 is 0 Å². The molecule has 0 fully saturated rings. The summed E-state index contributed by atoms with van der Waals surface area (Å²) in [6, 6.07) is 11.6. The Morgan fingerprint density at radius 2 is 1.83 bits per heavy atom. The van der Waals surface area contributed by atoms with Crippen LogP contribution in [0.1, 0.15) is 25.0 Å². The molecule has 0 aliphatic carbocycles. The van der Waals surface area contributed by atoms with Gasteiger partial charge in [-0.05, 0) is 41.5 Å². The van der Waals surface area contributed by atoms with Gasteiger partial charge in [0.05, 0.1) is 7.11 Å². The standard InChI is InChI=1S/C19H22N2O2/c1-19(2,16-5-7-17(23-3)8-6-16)14-21-18(22)9-4-15-10-12-20-13-11-15/h4-13H,14H2,1-3H3,(H,21,22). The number of hydrogen-bond donors (Lipinski definition) is 1. The summed E-state index contributed by atoms with van der Waals surface area (Å²) in [5.41, 5.74) is 1.94. The molecule has 4 heteroatoms. The molecule has 1 aromatic heterocycles. The number of hydrogen-bond acceptors (Lipinski definition) is 3. The van der Waals surface area contributed by atoms with Crippen LogP contribution in [-0.4, -0.2) is 24.5 Å². The first-order valence-electron chi connectivity index (χ1n) is 7.52. The van der Waals surface area contributed by atoms with Gasteiger partial charge in [-0.2, -0.15) is 0 Å². The Morgan fingerprint density at radius 3 is 2.43 bits per heavy atom. The van der Waals surface area contributed by atoms with Crippen molar-refractivity contribution in [2.75, 3.05) is 13.7 Å². The molecule has 0 unspecified atom stereocenters. The Kier molecular flexibility index (Phi) is 5.52. The maximum Gasteiger partial charge on any atom is 0.244 e. The van der Waals surface area contributed by atoms with E-state index in [1.54, 1.807) is 31.7 Å². The van der Waals surface area contributed by atoms with E-state index in [1.165, 1.54) is 0 Å². The quantitative estimate of drug-likeness (QED) is 0.834. The topological polar surface area (TPSA) is 51.2 Å². The molecule has 1 heterocycles. The molecule has 0 radical (unpaired) electrons. The Hall–Kier alpha value is -2.62. The van der Waals surface area contributed by atoms with Gasteiger partial charge in [0.25, 0.3) is 0 Å². The van der Waals surface area contributed by atoms with Crippen molar-refractivity contribution in [1.82, 2.24) is 10.3 Å². The molecule has 1 amide bonds. The third-order valence-electron chi connectivity index (χ3n) is 3.71. The van der Waals surface area contributed by atoms with Crippen LogP contribution in [0, 0.1) is 0 Å². The molecular weight excluding hydrogens is 288 g/mol. The van der Waals surface area contributed by atoms with Gasteiger partial charge in [-0.3, -0.25) is 9.78 Å². The number of rotatable bonds is 6. The largest absolute Gasteiger partial charge is 0.497 e. The summed E-state index contributed by atoms with van der Waals surface area (Å²) in [4.78, 5) is 15.9. The Balaban J connectivity index is 1.92. The second-order valence-corrected chi connectivity index (χ2v) is 5.94. The van der Waals surface area contributed by atoms with E-state index in [0.717, 1.165) is 16.9 Å². The molecular formula is C19H22N2O2. The summed E-state index contributed by atoms with van der Waals surface area (Å²) in [6.45, 7) is 4.75. The Morgan fingerprint density at radius 1 is 1.17 bits per heavy atom. The van der Waals surface area contributed by atoms with Crippen LogP contribution in [0.2, 0.25) is 0 Å². The summed E-state index contributed by atoms with van der Waals surface area (Å²) in [6.07, 6.45) is 6.71. The van der Waals surface area contributed by atoms with Crippen molar-refractivity contribution in [1.29, 1.82) is 0 Å². The number of nitrogens with zero attached hydrogens (tertiary/aromatic N) is 1. The van der Waals surface area contributed by atoms with Gasteiger partial charge in [-0.25, -0.2) is 0 Å². The molecule has 2 rings (SSSR count). The first-order valence-corrected chi connectivity index (χ1v) is 7.52.